The fraction of sp³-hybridized carbons (Fsp3) is 0.538. The van der Waals surface area contributed by atoms with E-state index < -0.39 is 5.60 Å². The van der Waals surface area contributed by atoms with E-state index in [0.717, 1.165) is 11.3 Å². The molecule has 0 spiro atoms. The van der Waals surface area contributed by atoms with Crippen LogP contribution in [0.2, 0.25) is 5.02 Å². The molecular formula is C13H20ClNO2. The second kappa shape index (κ2) is 5.71. The van der Waals surface area contributed by atoms with Gasteiger partial charge in [0.25, 0.3) is 0 Å². The maximum Gasteiger partial charge on any atom is 0.120 e. The number of rotatable bonds is 5. The lowest BCUT2D eigenvalue weighted by Crippen LogP contribution is -2.35. The molecule has 0 aliphatic heterocycles. The maximum atomic E-state index is 9.72. The van der Waals surface area contributed by atoms with Crippen LogP contribution in [0.1, 0.15) is 19.4 Å². The van der Waals surface area contributed by atoms with Gasteiger partial charge in [-0.25, -0.2) is 0 Å². The standard InChI is InChI=1S/C13H20ClNO2/c1-13(2,16)9-15(3)8-10-5-6-11(17-4)7-12(10)14/h5-7,16H,8-9H2,1-4H3. The van der Waals surface area contributed by atoms with Gasteiger partial charge in [0.2, 0.25) is 0 Å². The zero-order chi connectivity index (χ0) is 13.1. The molecule has 1 aromatic carbocycles. The Hall–Kier alpha value is -0.770. The molecule has 1 rings (SSSR count). The number of methoxy groups -OCH3 is 1. The Morgan fingerprint density at radius 3 is 2.53 bits per heavy atom. The van der Waals surface area contributed by atoms with Crippen molar-refractivity contribution in [2.24, 2.45) is 0 Å². The molecule has 1 aromatic rings. The molecule has 0 fully saturated rings. The number of likely N-dealkylation sites (N-methyl/N-ethyl adjacent to an activating group) is 1. The van der Waals surface area contributed by atoms with Crippen LogP contribution in [0, 0.1) is 0 Å². The number of aliphatic hydroxyl groups is 1. The first-order chi connectivity index (χ1) is 7.81. The van der Waals surface area contributed by atoms with Crippen molar-refractivity contribution in [2.75, 3.05) is 20.7 Å². The third-order valence-electron chi connectivity index (χ3n) is 2.36. The number of ether oxygens (including phenoxy) is 1. The minimum atomic E-state index is -0.701. The van der Waals surface area contributed by atoms with Crippen molar-refractivity contribution in [3.05, 3.63) is 28.8 Å². The van der Waals surface area contributed by atoms with E-state index in [9.17, 15) is 5.11 Å². The first-order valence-corrected chi connectivity index (χ1v) is 5.93. The average Bonchev–Trinajstić information content (AvgIpc) is 2.18. The SMILES string of the molecule is COc1ccc(CN(C)CC(C)(C)O)c(Cl)c1. The second-order valence-corrected chi connectivity index (χ2v) is 5.35. The largest absolute Gasteiger partial charge is 0.497 e. The topological polar surface area (TPSA) is 32.7 Å². The molecule has 0 heterocycles. The maximum absolute atomic E-state index is 9.72. The number of nitrogens with zero attached hydrogens (tertiary/aromatic N) is 1. The van der Waals surface area contributed by atoms with E-state index in [4.69, 9.17) is 16.3 Å². The second-order valence-electron chi connectivity index (χ2n) is 4.94. The van der Waals surface area contributed by atoms with Crippen LogP contribution in [-0.2, 0) is 6.54 Å². The molecule has 3 nitrogen and oxygen atoms in total. The van der Waals surface area contributed by atoms with Crippen molar-refractivity contribution < 1.29 is 9.84 Å². The smallest absolute Gasteiger partial charge is 0.120 e. The molecular weight excluding hydrogens is 238 g/mol. The molecule has 1 N–H and O–H groups in total. The lowest BCUT2D eigenvalue weighted by molar-refractivity contribution is 0.0425. The summed E-state index contributed by atoms with van der Waals surface area (Å²) < 4.78 is 5.10. The lowest BCUT2D eigenvalue weighted by Gasteiger charge is -2.25. The van der Waals surface area contributed by atoms with Crippen molar-refractivity contribution in [1.82, 2.24) is 4.90 Å². The molecule has 96 valence electrons. The summed E-state index contributed by atoms with van der Waals surface area (Å²) in [6.45, 7) is 4.88. The van der Waals surface area contributed by atoms with Crippen molar-refractivity contribution in [2.45, 2.75) is 26.0 Å². The van der Waals surface area contributed by atoms with Crippen molar-refractivity contribution in [3.63, 3.8) is 0 Å². The Labute approximate surface area is 108 Å². The summed E-state index contributed by atoms with van der Waals surface area (Å²) in [5.41, 5.74) is 0.326. The monoisotopic (exact) mass is 257 g/mol. The van der Waals surface area contributed by atoms with Crippen molar-refractivity contribution >= 4 is 11.6 Å². The normalized spacial score (nSPS) is 11.9. The Balaban J connectivity index is 2.68. The summed E-state index contributed by atoms with van der Waals surface area (Å²) in [5, 5.41) is 10.4. The van der Waals surface area contributed by atoms with Crippen LogP contribution in [0.3, 0.4) is 0 Å². The molecule has 0 amide bonds. The molecule has 0 radical (unpaired) electrons. The number of hydrogen-bond acceptors (Lipinski definition) is 3. The van der Waals surface area contributed by atoms with Crippen LogP contribution in [0.4, 0.5) is 0 Å². The van der Waals surface area contributed by atoms with Crippen molar-refractivity contribution in [3.8, 4) is 5.75 Å². The molecule has 0 unspecified atom stereocenters. The van der Waals surface area contributed by atoms with Gasteiger partial charge in [-0.1, -0.05) is 17.7 Å². The van der Waals surface area contributed by atoms with Gasteiger partial charge in [0.15, 0.2) is 0 Å². The molecule has 17 heavy (non-hydrogen) atoms. The number of hydrogen-bond donors (Lipinski definition) is 1. The summed E-state index contributed by atoms with van der Waals surface area (Å²) >= 11 is 6.15. The Bertz CT molecular complexity index is 374. The van der Waals surface area contributed by atoms with Crippen molar-refractivity contribution in [1.29, 1.82) is 0 Å². The molecule has 0 saturated heterocycles. The first kappa shape index (κ1) is 14.3. The van der Waals surface area contributed by atoms with E-state index in [1.54, 1.807) is 27.0 Å². The Kier molecular flexibility index (Phi) is 4.80. The quantitative estimate of drug-likeness (QED) is 0.880. The highest BCUT2D eigenvalue weighted by atomic mass is 35.5. The summed E-state index contributed by atoms with van der Waals surface area (Å²) in [6, 6.07) is 5.63. The lowest BCUT2D eigenvalue weighted by atomic mass is 10.1. The molecule has 0 aliphatic carbocycles. The predicted octanol–water partition coefficient (Wildman–Crippen LogP) is 2.55. The minimum absolute atomic E-state index is 0.593. The zero-order valence-electron chi connectivity index (χ0n) is 10.8. The highest BCUT2D eigenvalue weighted by Gasteiger charge is 2.16. The van der Waals surface area contributed by atoms with Crippen LogP contribution in [0.15, 0.2) is 18.2 Å². The molecule has 0 aromatic heterocycles. The van der Waals surface area contributed by atoms with Gasteiger partial charge in [0.1, 0.15) is 5.75 Å². The van der Waals surface area contributed by atoms with Gasteiger partial charge in [0, 0.05) is 18.1 Å². The minimum Gasteiger partial charge on any atom is -0.497 e. The summed E-state index contributed by atoms with van der Waals surface area (Å²) in [5.74, 6) is 0.754. The molecule has 0 bridgehead atoms. The first-order valence-electron chi connectivity index (χ1n) is 5.55. The van der Waals surface area contributed by atoms with Crippen LogP contribution in [-0.4, -0.2) is 36.3 Å². The van der Waals surface area contributed by atoms with E-state index >= 15 is 0 Å². The summed E-state index contributed by atoms with van der Waals surface area (Å²) in [7, 11) is 3.57. The summed E-state index contributed by atoms with van der Waals surface area (Å²) in [6.07, 6.45) is 0. The average molecular weight is 258 g/mol. The number of halogens is 1. The van der Waals surface area contributed by atoms with Gasteiger partial charge >= 0.3 is 0 Å². The van der Waals surface area contributed by atoms with Crippen LogP contribution in [0.5, 0.6) is 5.75 Å². The highest BCUT2D eigenvalue weighted by molar-refractivity contribution is 6.31. The Morgan fingerprint density at radius 2 is 2.06 bits per heavy atom. The third kappa shape index (κ3) is 4.94. The van der Waals surface area contributed by atoms with Gasteiger partial charge in [-0.3, -0.25) is 4.90 Å². The zero-order valence-corrected chi connectivity index (χ0v) is 11.6. The molecule has 0 aliphatic rings. The predicted molar refractivity (Wildman–Crippen MR) is 70.6 cm³/mol. The number of benzene rings is 1. The molecule has 4 heteroatoms. The van der Waals surface area contributed by atoms with Crippen LogP contribution in [0.25, 0.3) is 0 Å². The van der Waals surface area contributed by atoms with Gasteiger partial charge in [0.05, 0.1) is 12.7 Å². The molecule has 0 atom stereocenters. The van der Waals surface area contributed by atoms with Gasteiger partial charge in [-0.15, -0.1) is 0 Å². The van der Waals surface area contributed by atoms with Gasteiger partial charge < -0.3 is 9.84 Å². The van der Waals surface area contributed by atoms with Gasteiger partial charge in [-0.2, -0.15) is 0 Å². The summed E-state index contributed by atoms with van der Waals surface area (Å²) in [4.78, 5) is 2.04. The van der Waals surface area contributed by atoms with E-state index in [-0.39, 0.29) is 0 Å². The highest BCUT2D eigenvalue weighted by Crippen LogP contribution is 2.23. The van der Waals surface area contributed by atoms with E-state index in [1.807, 2.05) is 24.1 Å². The fourth-order valence-electron chi connectivity index (χ4n) is 1.79. The van der Waals surface area contributed by atoms with E-state index in [2.05, 4.69) is 0 Å². The molecule has 0 saturated carbocycles. The van der Waals surface area contributed by atoms with E-state index in [0.29, 0.717) is 18.1 Å². The fourth-order valence-corrected chi connectivity index (χ4v) is 2.02. The van der Waals surface area contributed by atoms with Crippen LogP contribution >= 0.6 is 11.6 Å². The third-order valence-corrected chi connectivity index (χ3v) is 2.71. The van der Waals surface area contributed by atoms with Crippen LogP contribution < -0.4 is 4.74 Å². The Morgan fingerprint density at radius 1 is 1.41 bits per heavy atom. The van der Waals surface area contributed by atoms with E-state index in [1.165, 1.54) is 0 Å². The van der Waals surface area contributed by atoms with Gasteiger partial charge in [-0.05, 0) is 38.6 Å².